The van der Waals surface area contributed by atoms with Gasteiger partial charge in [0, 0.05) is 11.1 Å². The lowest BCUT2D eigenvalue weighted by Gasteiger charge is -2.08. The quantitative estimate of drug-likeness (QED) is 0.608. The molecule has 0 fully saturated rings. The highest BCUT2D eigenvalue weighted by molar-refractivity contribution is 5.99. The minimum Gasteiger partial charge on any atom is -0.456 e. The molecule has 0 saturated carbocycles. The largest absolute Gasteiger partial charge is 0.456 e. The third kappa shape index (κ3) is 3.83. The summed E-state index contributed by atoms with van der Waals surface area (Å²) in [5.74, 6) is -0.329. The summed E-state index contributed by atoms with van der Waals surface area (Å²) >= 11 is 0. The molecule has 144 valence electrons. The fourth-order valence-electron chi connectivity index (χ4n) is 3.32. The monoisotopic (exact) mass is 381 g/mol. The Labute approximate surface area is 161 Å². The Morgan fingerprint density at radius 2 is 1.71 bits per heavy atom. The summed E-state index contributed by atoms with van der Waals surface area (Å²) in [6.07, 6.45) is 3.12. The molecular formula is C21H19NO6. The van der Waals surface area contributed by atoms with Crippen molar-refractivity contribution >= 4 is 17.7 Å². The third-order valence-corrected chi connectivity index (χ3v) is 4.81. The zero-order valence-corrected chi connectivity index (χ0v) is 15.2. The first kappa shape index (κ1) is 18.0. The number of fused-ring (bicyclic) bond motifs is 2. The van der Waals surface area contributed by atoms with Crippen molar-refractivity contribution in [3.8, 4) is 11.5 Å². The second-order valence-corrected chi connectivity index (χ2v) is 6.67. The maximum absolute atomic E-state index is 12.2. The SMILES string of the molecule is O=C(CNC(=O)c1ccc2c(c1)OCO2)OCC(=O)c1ccc2c(c1)CCC2. The van der Waals surface area contributed by atoms with Gasteiger partial charge < -0.3 is 19.5 Å². The Hall–Kier alpha value is -3.35. The van der Waals surface area contributed by atoms with E-state index in [1.54, 1.807) is 24.3 Å². The molecule has 7 heteroatoms. The number of esters is 1. The molecule has 0 bridgehead atoms. The Bertz CT molecular complexity index is 876. The van der Waals surface area contributed by atoms with Gasteiger partial charge in [0.1, 0.15) is 6.54 Å². The highest BCUT2D eigenvalue weighted by Gasteiger charge is 2.18. The summed E-state index contributed by atoms with van der Waals surface area (Å²) in [7, 11) is 0. The number of benzene rings is 2. The second-order valence-electron chi connectivity index (χ2n) is 6.67. The summed E-state index contributed by atoms with van der Waals surface area (Å²) < 4.78 is 15.4. The van der Waals surface area contributed by atoms with E-state index in [-0.39, 0.29) is 25.7 Å². The predicted octanol–water partition coefficient (Wildman–Crippen LogP) is 2.06. The van der Waals surface area contributed by atoms with Crippen molar-refractivity contribution in [2.24, 2.45) is 0 Å². The summed E-state index contributed by atoms with van der Waals surface area (Å²) in [5.41, 5.74) is 3.34. The van der Waals surface area contributed by atoms with Crippen molar-refractivity contribution in [2.75, 3.05) is 19.9 Å². The molecule has 0 atom stereocenters. The summed E-state index contributed by atoms with van der Waals surface area (Å²) in [5, 5.41) is 2.47. The Balaban J connectivity index is 1.25. The first-order chi connectivity index (χ1) is 13.6. The van der Waals surface area contributed by atoms with E-state index in [4.69, 9.17) is 14.2 Å². The molecule has 2 aromatic rings. The Kier molecular flexibility index (Phi) is 4.97. The average molecular weight is 381 g/mol. The van der Waals surface area contributed by atoms with Crippen LogP contribution in [0.25, 0.3) is 0 Å². The van der Waals surface area contributed by atoms with Gasteiger partial charge in [-0.25, -0.2) is 0 Å². The maximum Gasteiger partial charge on any atom is 0.325 e. The second kappa shape index (κ2) is 7.72. The van der Waals surface area contributed by atoms with Gasteiger partial charge in [0.25, 0.3) is 5.91 Å². The first-order valence-corrected chi connectivity index (χ1v) is 9.08. The van der Waals surface area contributed by atoms with Gasteiger partial charge in [-0.05, 0) is 54.7 Å². The van der Waals surface area contributed by atoms with E-state index in [1.807, 2.05) is 12.1 Å². The van der Waals surface area contributed by atoms with E-state index >= 15 is 0 Å². The molecule has 0 unspecified atom stereocenters. The highest BCUT2D eigenvalue weighted by Crippen LogP contribution is 2.32. The summed E-state index contributed by atoms with van der Waals surface area (Å²) in [6.45, 7) is -0.562. The van der Waals surface area contributed by atoms with E-state index in [1.165, 1.54) is 11.1 Å². The van der Waals surface area contributed by atoms with Crippen LogP contribution < -0.4 is 14.8 Å². The van der Waals surface area contributed by atoms with Crippen molar-refractivity contribution in [1.82, 2.24) is 5.32 Å². The molecule has 0 radical (unpaired) electrons. The zero-order valence-electron chi connectivity index (χ0n) is 15.2. The lowest BCUT2D eigenvalue weighted by atomic mass is 10.0. The minimum absolute atomic E-state index is 0.116. The van der Waals surface area contributed by atoms with Crippen molar-refractivity contribution in [1.29, 1.82) is 0 Å². The van der Waals surface area contributed by atoms with Crippen LogP contribution in [-0.4, -0.2) is 37.6 Å². The van der Waals surface area contributed by atoms with Crippen molar-refractivity contribution in [2.45, 2.75) is 19.3 Å². The predicted molar refractivity (Wildman–Crippen MR) is 98.7 cm³/mol. The molecule has 1 heterocycles. The molecule has 1 N–H and O–H groups in total. The summed E-state index contributed by atoms with van der Waals surface area (Å²) in [4.78, 5) is 36.2. The van der Waals surface area contributed by atoms with E-state index in [2.05, 4.69) is 5.32 Å². The van der Waals surface area contributed by atoms with Crippen LogP contribution in [0.2, 0.25) is 0 Å². The van der Waals surface area contributed by atoms with Crippen LogP contribution in [0.4, 0.5) is 0 Å². The highest BCUT2D eigenvalue weighted by atomic mass is 16.7. The van der Waals surface area contributed by atoms with Crippen LogP contribution in [0.15, 0.2) is 36.4 Å². The average Bonchev–Trinajstić information content (AvgIpc) is 3.37. The number of carbonyl (C=O) groups is 3. The van der Waals surface area contributed by atoms with Crippen molar-refractivity contribution < 1.29 is 28.6 Å². The Morgan fingerprint density at radius 1 is 0.929 bits per heavy atom. The molecule has 7 nitrogen and oxygen atoms in total. The number of rotatable bonds is 6. The number of amides is 1. The van der Waals surface area contributed by atoms with Crippen LogP contribution in [0.5, 0.6) is 11.5 Å². The van der Waals surface area contributed by atoms with Crippen LogP contribution in [0.1, 0.15) is 38.3 Å². The van der Waals surface area contributed by atoms with Crippen LogP contribution in [-0.2, 0) is 22.4 Å². The third-order valence-electron chi connectivity index (χ3n) is 4.81. The van der Waals surface area contributed by atoms with Gasteiger partial charge in [-0.3, -0.25) is 14.4 Å². The molecule has 0 saturated heterocycles. The van der Waals surface area contributed by atoms with Gasteiger partial charge in [0.15, 0.2) is 23.9 Å². The fourth-order valence-corrected chi connectivity index (χ4v) is 3.32. The van der Waals surface area contributed by atoms with Gasteiger partial charge in [0.2, 0.25) is 6.79 Å². The standard InChI is InChI=1S/C21H19NO6/c23-17(15-5-4-13-2-1-3-14(13)8-15)11-26-20(24)10-22-21(25)16-6-7-18-19(9-16)28-12-27-18/h4-9H,1-3,10-12H2,(H,22,25). The van der Waals surface area contributed by atoms with Crippen molar-refractivity contribution in [3.05, 3.63) is 58.7 Å². The number of ether oxygens (including phenoxy) is 3. The maximum atomic E-state index is 12.2. The van der Waals surface area contributed by atoms with Crippen LogP contribution >= 0.6 is 0 Å². The van der Waals surface area contributed by atoms with Crippen LogP contribution in [0.3, 0.4) is 0 Å². The molecule has 1 aliphatic carbocycles. The van der Waals surface area contributed by atoms with Gasteiger partial charge >= 0.3 is 5.97 Å². The topological polar surface area (TPSA) is 90.9 Å². The zero-order chi connectivity index (χ0) is 19.5. The van der Waals surface area contributed by atoms with Crippen LogP contribution in [0, 0.1) is 0 Å². The molecule has 1 aliphatic heterocycles. The van der Waals surface area contributed by atoms with E-state index in [9.17, 15) is 14.4 Å². The van der Waals surface area contributed by atoms with E-state index < -0.39 is 11.9 Å². The molecule has 2 aliphatic rings. The van der Waals surface area contributed by atoms with Gasteiger partial charge in [-0.15, -0.1) is 0 Å². The molecule has 28 heavy (non-hydrogen) atoms. The molecule has 4 rings (SSSR count). The molecule has 2 aromatic carbocycles. The van der Waals surface area contributed by atoms with Gasteiger partial charge in [-0.2, -0.15) is 0 Å². The number of aryl methyl sites for hydroxylation is 2. The Morgan fingerprint density at radius 3 is 2.61 bits per heavy atom. The number of ketones is 1. The van der Waals surface area contributed by atoms with E-state index in [0.29, 0.717) is 22.6 Å². The fraction of sp³-hybridized carbons (Fsp3) is 0.286. The van der Waals surface area contributed by atoms with Gasteiger partial charge in [0.05, 0.1) is 0 Å². The number of Topliss-reactive ketones (excluding diaryl/α,β-unsaturated/α-hetero) is 1. The number of carbonyl (C=O) groups excluding carboxylic acids is 3. The van der Waals surface area contributed by atoms with Crippen molar-refractivity contribution in [3.63, 3.8) is 0 Å². The lowest BCUT2D eigenvalue weighted by molar-refractivity contribution is -0.141. The number of hydrogen-bond donors (Lipinski definition) is 1. The smallest absolute Gasteiger partial charge is 0.325 e. The normalized spacial score (nSPS) is 13.7. The number of hydrogen-bond acceptors (Lipinski definition) is 6. The molecule has 0 spiro atoms. The lowest BCUT2D eigenvalue weighted by Crippen LogP contribution is -2.31. The minimum atomic E-state index is -0.677. The molecule has 0 aromatic heterocycles. The summed E-state index contributed by atoms with van der Waals surface area (Å²) in [6, 6.07) is 10.3. The van der Waals surface area contributed by atoms with Gasteiger partial charge in [-0.1, -0.05) is 12.1 Å². The van der Waals surface area contributed by atoms with E-state index in [0.717, 1.165) is 19.3 Å². The first-order valence-electron chi connectivity index (χ1n) is 9.08. The molecule has 1 amide bonds. The number of nitrogens with one attached hydrogen (secondary N) is 1. The molecular weight excluding hydrogens is 362 g/mol.